The summed E-state index contributed by atoms with van der Waals surface area (Å²) in [5.74, 6) is 0. The molecule has 0 unspecified atom stereocenters. The molecule has 1 rings (SSSR count). The highest BCUT2D eigenvalue weighted by Gasteiger charge is 2.13. The van der Waals surface area contributed by atoms with Gasteiger partial charge in [-0.25, -0.2) is 0 Å². The maximum absolute atomic E-state index is 9.37. The molecule has 98 valence electrons. The van der Waals surface area contributed by atoms with E-state index in [1.165, 1.54) is 11.3 Å². The van der Waals surface area contributed by atoms with Gasteiger partial charge in [-0.05, 0) is 34.2 Å². The zero-order valence-corrected chi connectivity index (χ0v) is 11.7. The minimum atomic E-state index is -0.286. The molecule has 0 radical (unpaired) electrons. The van der Waals surface area contributed by atoms with Gasteiger partial charge < -0.3 is 5.11 Å². The fourth-order valence-electron chi connectivity index (χ4n) is 2.18. The third-order valence-corrected chi connectivity index (χ3v) is 2.97. The summed E-state index contributed by atoms with van der Waals surface area (Å²) < 4.78 is 2.08. The predicted molar refractivity (Wildman–Crippen MR) is 70.0 cm³/mol. The summed E-state index contributed by atoms with van der Waals surface area (Å²) in [6.07, 6.45) is 0.816. The maximum atomic E-state index is 9.37. The van der Waals surface area contributed by atoms with Crippen molar-refractivity contribution in [3.05, 3.63) is 17.0 Å². The Morgan fingerprint density at radius 2 is 2.06 bits per heavy atom. The summed E-state index contributed by atoms with van der Waals surface area (Å²) in [6, 6.07) is 0. The SMILES string of the molecule is CCCn1nc(C)c(CN(C)C[C@H](C)O)c1C. The predicted octanol–water partition coefficient (Wildman–Crippen LogP) is 1.72. The Labute approximate surface area is 104 Å². The van der Waals surface area contributed by atoms with Crippen LogP contribution in [0.3, 0.4) is 0 Å². The molecule has 0 saturated heterocycles. The summed E-state index contributed by atoms with van der Waals surface area (Å²) in [5.41, 5.74) is 3.65. The molecular weight excluding hydrogens is 214 g/mol. The highest BCUT2D eigenvalue weighted by atomic mass is 16.3. The fraction of sp³-hybridized carbons (Fsp3) is 0.769. The Balaban J connectivity index is 2.76. The summed E-state index contributed by atoms with van der Waals surface area (Å²) in [7, 11) is 2.03. The van der Waals surface area contributed by atoms with Crippen molar-refractivity contribution in [2.45, 2.75) is 53.3 Å². The van der Waals surface area contributed by atoms with Crippen LogP contribution in [0.5, 0.6) is 0 Å². The van der Waals surface area contributed by atoms with Crippen molar-refractivity contribution in [3.63, 3.8) is 0 Å². The summed E-state index contributed by atoms with van der Waals surface area (Å²) in [6.45, 7) is 10.7. The quantitative estimate of drug-likeness (QED) is 0.822. The third kappa shape index (κ3) is 3.82. The molecule has 0 aromatic carbocycles. The molecule has 0 saturated carbocycles. The monoisotopic (exact) mass is 239 g/mol. The number of nitrogens with zero attached hydrogens (tertiary/aromatic N) is 3. The minimum absolute atomic E-state index is 0.286. The van der Waals surface area contributed by atoms with Gasteiger partial charge in [0.15, 0.2) is 0 Å². The molecule has 1 aromatic heterocycles. The zero-order chi connectivity index (χ0) is 13.0. The van der Waals surface area contributed by atoms with Crippen LogP contribution >= 0.6 is 0 Å². The Morgan fingerprint density at radius 1 is 1.41 bits per heavy atom. The Morgan fingerprint density at radius 3 is 2.59 bits per heavy atom. The molecule has 0 aliphatic rings. The number of hydrogen-bond acceptors (Lipinski definition) is 3. The fourth-order valence-corrected chi connectivity index (χ4v) is 2.18. The van der Waals surface area contributed by atoms with Gasteiger partial charge in [0.2, 0.25) is 0 Å². The first-order valence-corrected chi connectivity index (χ1v) is 6.35. The van der Waals surface area contributed by atoms with Crippen LogP contribution in [-0.2, 0) is 13.1 Å². The molecule has 4 nitrogen and oxygen atoms in total. The van der Waals surface area contributed by atoms with Crippen LogP contribution < -0.4 is 0 Å². The van der Waals surface area contributed by atoms with E-state index >= 15 is 0 Å². The van der Waals surface area contributed by atoms with Crippen LogP contribution in [0.4, 0.5) is 0 Å². The van der Waals surface area contributed by atoms with E-state index in [1.807, 2.05) is 14.0 Å². The van der Waals surface area contributed by atoms with Crippen molar-refractivity contribution < 1.29 is 5.11 Å². The third-order valence-electron chi connectivity index (χ3n) is 2.97. The number of aliphatic hydroxyl groups excluding tert-OH is 1. The molecule has 1 heterocycles. The van der Waals surface area contributed by atoms with Gasteiger partial charge in [-0.1, -0.05) is 6.92 Å². The van der Waals surface area contributed by atoms with E-state index < -0.39 is 0 Å². The number of hydrogen-bond donors (Lipinski definition) is 1. The lowest BCUT2D eigenvalue weighted by molar-refractivity contribution is 0.138. The molecule has 0 aliphatic carbocycles. The molecule has 1 aromatic rings. The first-order chi connectivity index (χ1) is 7.95. The van der Waals surface area contributed by atoms with E-state index in [0.717, 1.165) is 25.2 Å². The largest absolute Gasteiger partial charge is 0.392 e. The van der Waals surface area contributed by atoms with E-state index in [2.05, 4.69) is 35.5 Å². The summed E-state index contributed by atoms with van der Waals surface area (Å²) >= 11 is 0. The van der Waals surface area contributed by atoms with E-state index in [9.17, 15) is 5.11 Å². The average molecular weight is 239 g/mol. The topological polar surface area (TPSA) is 41.3 Å². The molecule has 4 heteroatoms. The Hall–Kier alpha value is -0.870. The second-order valence-corrected chi connectivity index (χ2v) is 4.92. The zero-order valence-electron chi connectivity index (χ0n) is 11.7. The van der Waals surface area contributed by atoms with Gasteiger partial charge in [0.1, 0.15) is 0 Å². The van der Waals surface area contributed by atoms with Crippen LogP contribution in [0.2, 0.25) is 0 Å². The first kappa shape index (κ1) is 14.2. The van der Waals surface area contributed by atoms with Gasteiger partial charge >= 0.3 is 0 Å². The van der Waals surface area contributed by atoms with Gasteiger partial charge in [-0.2, -0.15) is 5.10 Å². The highest BCUT2D eigenvalue weighted by Crippen LogP contribution is 2.15. The Bertz CT molecular complexity index is 358. The second kappa shape index (κ2) is 6.17. The molecule has 0 fully saturated rings. The van der Waals surface area contributed by atoms with Crippen LogP contribution in [0.25, 0.3) is 0 Å². The normalized spacial score (nSPS) is 13.4. The summed E-state index contributed by atoms with van der Waals surface area (Å²) in [5, 5.41) is 13.9. The lowest BCUT2D eigenvalue weighted by Gasteiger charge is -2.18. The molecular formula is C13H25N3O. The lowest BCUT2D eigenvalue weighted by Crippen LogP contribution is -2.27. The van der Waals surface area contributed by atoms with Crippen molar-refractivity contribution >= 4 is 0 Å². The van der Waals surface area contributed by atoms with Crippen molar-refractivity contribution in [2.75, 3.05) is 13.6 Å². The van der Waals surface area contributed by atoms with Crippen LogP contribution in [0.15, 0.2) is 0 Å². The molecule has 0 bridgehead atoms. The van der Waals surface area contributed by atoms with E-state index in [-0.39, 0.29) is 6.10 Å². The molecule has 0 spiro atoms. The average Bonchev–Trinajstić information content (AvgIpc) is 2.45. The number of aryl methyl sites for hydroxylation is 2. The smallest absolute Gasteiger partial charge is 0.0641 e. The van der Waals surface area contributed by atoms with Crippen LogP contribution in [0.1, 0.15) is 37.2 Å². The number of aromatic nitrogens is 2. The maximum Gasteiger partial charge on any atom is 0.0641 e. The van der Waals surface area contributed by atoms with Crippen molar-refractivity contribution in [3.8, 4) is 0 Å². The van der Waals surface area contributed by atoms with Crippen molar-refractivity contribution in [1.82, 2.24) is 14.7 Å². The first-order valence-electron chi connectivity index (χ1n) is 6.35. The van der Waals surface area contributed by atoms with Crippen molar-refractivity contribution in [1.29, 1.82) is 0 Å². The van der Waals surface area contributed by atoms with Crippen LogP contribution in [0, 0.1) is 13.8 Å². The molecule has 0 amide bonds. The molecule has 1 atom stereocenters. The number of aliphatic hydroxyl groups is 1. The molecule has 0 aliphatic heterocycles. The van der Waals surface area contributed by atoms with Gasteiger partial charge in [-0.15, -0.1) is 0 Å². The summed E-state index contributed by atoms with van der Waals surface area (Å²) in [4.78, 5) is 2.14. The van der Waals surface area contributed by atoms with E-state index in [4.69, 9.17) is 0 Å². The number of likely N-dealkylation sites (N-methyl/N-ethyl adjacent to an activating group) is 1. The van der Waals surface area contributed by atoms with Gasteiger partial charge in [0.05, 0.1) is 11.8 Å². The van der Waals surface area contributed by atoms with Crippen LogP contribution in [-0.4, -0.2) is 39.5 Å². The Kier molecular flexibility index (Phi) is 5.15. The van der Waals surface area contributed by atoms with Gasteiger partial charge in [0, 0.05) is 30.9 Å². The van der Waals surface area contributed by atoms with Crippen molar-refractivity contribution in [2.24, 2.45) is 0 Å². The molecule has 1 N–H and O–H groups in total. The molecule has 17 heavy (non-hydrogen) atoms. The van der Waals surface area contributed by atoms with E-state index in [1.54, 1.807) is 0 Å². The minimum Gasteiger partial charge on any atom is -0.392 e. The number of rotatable bonds is 6. The standard InChI is InChI=1S/C13H25N3O/c1-6-7-16-12(4)13(11(3)14-16)9-15(5)8-10(2)17/h10,17H,6-9H2,1-5H3/t10-/m0/s1. The lowest BCUT2D eigenvalue weighted by atomic mass is 10.2. The van der Waals surface area contributed by atoms with Gasteiger partial charge in [0.25, 0.3) is 0 Å². The van der Waals surface area contributed by atoms with E-state index in [0.29, 0.717) is 6.54 Å². The second-order valence-electron chi connectivity index (χ2n) is 4.92. The van der Waals surface area contributed by atoms with Gasteiger partial charge in [-0.3, -0.25) is 9.58 Å². The highest BCUT2D eigenvalue weighted by molar-refractivity contribution is 5.24.